The molecular formula is C33H68NO7P. The zero-order valence-electron chi connectivity index (χ0n) is 27.5. The molecule has 0 aromatic rings. The smallest absolute Gasteiger partial charge is 0.457 e. The van der Waals surface area contributed by atoms with Crippen molar-refractivity contribution in [1.29, 1.82) is 0 Å². The van der Waals surface area contributed by atoms with Gasteiger partial charge in [-0.1, -0.05) is 149 Å². The third-order valence-corrected chi connectivity index (χ3v) is 8.48. The van der Waals surface area contributed by atoms with E-state index in [-0.39, 0.29) is 38.8 Å². The Hall–Kier alpha value is -0.500. The van der Waals surface area contributed by atoms with Crippen LogP contribution in [0.3, 0.4) is 0 Å². The van der Waals surface area contributed by atoms with Crippen LogP contribution in [0.5, 0.6) is 0 Å². The van der Waals surface area contributed by atoms with E-state index >= 15 is 0 Å². The summed E-state index contributed by atoms with van der Waals surface area (Å²) in [5.41, 5.74) is 5.28. The Labute approximate surface area is 259 Å². The third-order valence-electron chi connectivity index (χ3n) is 7.49. The van der Waals surface area contributed by atoms with Crippen molar-refractivity contribution in [3.63, 3.8) is 0 Å². The molecule has 252 valence electrons. The zero-order chi connectivity index (χ0) is 31.0. The number of hydrogen-bond donors (Lipinski definition) is 2. The van der Waals surface area contributed by atoms with E-state index < -0.39 is 13.9 Å². The van der Waals surface area contributed by atoms with E-state index in [4.69, 9.17) is 24.3 Å². The average molecular weight is 622 g/mol. The topological polar surface area (TPSA) is 117 Å². The number of ether oxygens (including phenoxy) is 2. The molecule has 0 aromatic carbocycles. The fourth-order valence-electron chi connectivity index (χ4n) is 4.98. The van der Waals surface area contributed by atoms with E-state index in [1.807, 2.05) is 6.92 Å². The normalized spacial score (nSPS) is 13.7. The summed E-state index contributed by atoms with van der Waals surface area (Å²) in [6, 6.07) is 0. The van der Waals surface area contributed by atoms with Crippen molar-refractivity contribution in [3.8, 4) is 0 Å². The Balaban J connectivity index is 3.57. The number of hydrogen-bond acceptors (Lipinski definition) is 7. The number of carbonyl (C=O) groups is 1. The number of nitrogens with two attached hydrogens (primary N) is 1. The number of unbranched alkanes of at least 4 members (excludes halogenated alkanes) is 21. The summed E-state index contributed by atoms with van der Waals surface area (Å²) >= 11 is 0. The SMILES string of the molecule is CCCCCCCCCCCCCCCCCCCCCCCCOCC(COP(=O)(O)OCCN)OC(=O)CCC. The minimum Gasteiger partial charge on any atom is -0.457 e. The first-order chi connectivity index (χ1) is 20.4. The van der Waals surface area contributed by atoms with Gasteiger partial charge in [0.1, 0.15) is 6.10 Å². The van der Waals surface area contributed by atoms with Crippen LogP contribution in [-0.2, 0) is 27.9 Å². The Morgan fingerprint density at radius 2 is 1.05 bits per heavy atom. The van der Waals surface area contributed by atoms with E-state index in [9.17, 15) is 14.3 Å². The van der Waals surface area contributed by atoms with Gasteiger partial charge in [-0.2, -0.15) is 0 Å². The minimum atomic E-state index is -4.23. The molecule has 2 unspecified atom stereocenters. The van der Waals surface area contributed by atoms with Crippen LogP contribution < -0.4 is 5.73 Å². The van der Waals surface area contributed by atoms with Crippen LogP contribution >= 0.6 is 7.82 Å². The Kier molecular flexibility index (Phi) is 31.5. The predicted molar refractivity (Wildman–Crippen MR) is 174 cm³/mol. The lowest BCUT2D eigenvalue weighted by atomic mass is 10.0. The fourth-order valence-corrected chi connectivity index (χ4v) is 5.74. The van der Waals surface area contributed by atoms with Gasteiger partial charge in [0.25, 0.3) is 0 Å². The quantitative estimate of drug-likeness (QED) is 0.0414. The lowest BCUT2D eigenvalue weighted by Gasteiger charge is -2.19. The molecule has 42 heavy (non-hydrogen) atoms. The second-order valence-electron chi connectivity index (χ2n) is 11.7. The Morgan fingerprint density at radius 3 is 1.45 bits per heavy atom. The highest BCUT2D eigenvalue weighted by atomic mass is 31.2. The molecule has 0 amide bonds. The van der Waals surface area contributed by atoms with E-state index in [1.54, 1.807) is 0 Å². The first-order valence-electron chi connectivity index (χ1n) is 17.5. The molecule has 0 spiro atoms. The molecule has 8 nitrogen and oxygen atoms in total. The largest absolute Gasteiger partial charge is 0.472 e. The zero-order valence-corrected chi connectivity index (χ0v) is 28.4. The van der Waals surface area contributed by atoms with Crippen molar-refractivity contribution >= 4 is 13.8 Å². The summed E-state index contributed by atoms with van der Waals surface area (Å²) in [5.74, 6) is -0.380. The summed E-state index contributed by atoms with van der Waals surface area (Å²) in [4.78, 5) is 21.5. The molecular weight excluding hydrogens is 553 g/mol. The summed E-state index contributed by atoms with van der Waals surface area (Å²) in [5, 5.41) is 0. The first kappa shape index (κ1) is 41.5. The highest BCUT2D eigenvalue weighted by Crippen LogP contribution is 2.43. The Bertz CT molecular complexity index is 623. The third kappa shape index (κ3) is 30.9. The van der Waals surface area contributed by atoms with Crippen molar-refractivity contribution in [2.24, 2.45) is 5.73 Å². The molecule has 0 aliphatic heterocycles. The van der Waals surface area contributed by atoms with E-state index in [2.05, 4.69) is 6.92 Å². The van der Waals surface area contributed by atoms with E-state index in [0.29, 0.717) is 13.0 Å². The van der Waals surface area contributed by atoms with Crippen LogP contribution in [0.15, 0.2) is 0 Å². The molecule has 0 aliphatic carbocycles. The van der Waals surface area contributed by atoms with Gasteiger partial charge in [0, 0.05) is 19.6 Å². The van der Waals surface area contributed by atoms with Gasteiger partial charge in [-0.25, -0.2) is 4.57 Å². The second-order valence-corrected chi connectivity index (χ2v) is 13.2. The number of esters is 1. The minimum absolute atomic E-state index is 0.0932. The lowest BCUT2D eigenvalue weighted by molar-refractivity contribution is -0.154. The summed E-state index contributed by atoms with van der Waals surface area (Å²) in [6.07, 6.45) is 30.0. The first-order valence-corrected chi connectivity index (χ1v) is 19.0. The van der Waals surface area contributed by atoms with Gasteiger partial charge in [-0.15, -0.1) is 0 Å². The molecule has 0 fully saturated rings. The van der Waals surface area contributed by atoms with Crippen LogP contribution in [0.25, 0.3) is 0 Å². The van der Waals surface area contributed by atoms with Crippen LogP contribution in [0.1, 0.15) is 168 Å². The van der Waals surface area contributed by atoms with Crippen molar-refractivity contribution in [2.75, 3.05) is 33.0 Å². The predicted octanol–water partition coefficient (Wildman–Crippen LogP) is 9.41. The Morgan fingerprint density at radius 1 is 0.619 bits per heavy atom. The summed E-state index contributed by atoms with van der Waals surface area (Å²) < 4.78 is 32.5. The molecule has 2 atom stereocenters. The molecule has 3 N–H and O–H groups in total. The van der Waals surface area contributed by atoms with Crippen LogP contribution in [-0.4, -0.2) is 49.9 Å². The maximum Gasteiger partial charge on any atom is 0.472 e. The van der Waals surface area contributed by atoms with Crippen LogP contribution in [0.4, 0.5) is 0 Å². The number of phosphoric acid groups is 1. The van der Waals surface area contributed by atoms with Crippen LogP contribution in [0, 0.1) is 0 Å². The number of phosphoric ester groups is 1. The molecule has 0 radical (unpaired) electrons. The summed E-state index contributed by atoms with van der Waals surface area (Å²) in [6.45, 7) is 4.58. The van der Waals surface area contributed by atoms with Crippen molar-refractivity contribution in [2.45, 2.75) is 174 Å². The molecule has 0 aliphatic rings. The fraction of sp³-hybridized carbons (Fsp3) is 0.970. The summed E-state index contributed by atoms with van der Waals surface area (Å²) in [7, 11) is -4.23. The van der Waals surface area contributed by atoms with Gasteiger partial charge < -0.3 is 20.1 Å². The maximum atomic E-state index is 11.9. The van der Waals surface area contributed by atoms with Gasteiger partial charge in [0.05, 0.1) is 19.8 Å². The van der Waals surface area contributed by atoms with Gasteiger partial charge in [0.15, 0.2) is 0 Å². The highest BCUT2D eigenvalue weighted by molar-refractivity contribution is 7.47. The molecule has 0 saturated heterocycles. The molecule has 9 heteroatoms. The van der Waals surface area contributed by atoms with E-state index in [1.165, 1.54) is 128 Å². The average Bonchev–Trinajstić information content (AvgIpc) is 2.97. The van der Waals surface area contributed by atoms with Crippen molar-refractivity contribution in [1.82, 2.24) is 0 Å². The maximum absolute atomic E-state index is 11.9. The van der Waals surface area contributed by atoms with Crippen LogP contribution in [0.2, 0.25) is 0 Å². The van der Waals surface area contributed by atoms with E-state index in [0.717, 1.165) is 12.8 Å². The van der Waals surface area contributed by atoms with Gasteiger partial charge >= 0.3 is 13.8 Å². The monoisotopic (exact) mass is 621 g/mol. The molecule has 0 bridgehead atoms. The van der Waals surface area contributed by atoms with Crippen molar-refractivity contribution < 1.29 is 32.8 Å². The molecule has 0 saturated carbocycles. The van der Waals surface area contributed by atoms with Crippen molar-refractivity contribution in [3.05, 3.63) is 0 Å². The second kappa shape index (κ2) is 31.9. The highest BCUT2D eigenvalue weighted by Gasteiger charge is 2.25. The lowest BCUT2D eigenvalue weighted by Crippen LogP contribution is -2.28. The van der Waals surface area contributed by atoms with Gasteiger partial charge in [-0.05, 0) is 12.8 Å². The molecule has 0 heterocycles. The number of rotatable bonds is 34. The number of carbonyl (C=O) groups excluding carboxylic acids is 1. The standard InChI is InChI=1S/C33H68NO7P/c1-3-5-6-7-8-9-10-11-12-13-14-15-16-17-18-19-20-21-22-23-24-25-28-38-30-32(41-33(35)26-4-2)31-40-42(36,37)39-29-27-34/h32H,3-31,34H2,1-2H3,(H,36,37). The molecule has 0 rings (SSSR count). The molecule has 0 aromatic heterocycles. The van der Waals surface area contributed by atoms with Gasteiger partial charge in [-0.3, -0.25) is 13.8 Å². The van der Waals surface area contributed by atoms with Gasteiger partial charge in [0.2, 0.25) is 0 Å².